The number of nitrogens with zero attached hydrogens (tertiary/aromatic N) is 2. The first kappa shape index (κ1) is 20.6. The van der Waals surface area contributed by atoms with E-state index in [0.29, 0.717) is 11.1 Å². The molecule has 0 radical (unpaired) electrons. The molecule has 1 saturated heterocycles. The second-order valence-electron chi connectivity index (χ2n) is 8.20. The van der Waals surface area contributed by atoms with Crippen LogP contribution < -0.4 is 5.46 Å². The number of hydrogen-bond donors (Lipinski definition) is 0. The van der Waals surface area contributed by atoms with Crippen LogP contribution in [0.15, 0.2) is 52.9 Å². The van der Waals surface area contributed by atoms with Crippen LogP contribution in [0.2, 0.25) is 0 Å². The van der Waals surface area contributed by atoms with E-state index in [2.05, 4.69) is 10.2 Å². The first-order chi connectivity index (χ1) is 14.0. The van der Waals surface area contributed by atoms with Crippen LogP contribution in [0, 0.1) is 0 Å². The molecule has 1 aliphatic rings. The van der Waals surface area contributed by atoms with E-state index in [9.17, 15) is 13.2 Å². The van der Waals surface area contributed by atoms with Gasteiger partial charge >= 0.3 is 13.3 Å². The van der Waals surface area contributed by atoms with Crippen LogP contribution in [-0.4, -0.2) is 28.5 Å². The van der Waals surface area contributed by atoms with Gasteiger partial charge in [0.25, 0.3) is 0 Å². The summed E-state index contributed by atoms with van der Waals surface area (Å²) in [5.41, 5.74) is 0.361. The first-order valence-electron chi connectivity index (χ1n) is 9.43. The number of benzene rings is 2. The molecule has 1 aliphatic heterocycles. The van der Waals surface area contributed by atoms with Crippen molar-refractivity contribution in [2.24, 2.45) is 0 Å². The summed E-state index contributed by atoms with van der Waals surface area (Å²) in [5.74, 6) is 0.416. The van der Waals surface area contributed by atoms with Gasteiger partial charge in [-0.3, -0.25) is 0 Å². The van der Waals surface area contributed by atoms with Gasteiger partial charge in [0.1, 0.15) is 0 Å². The Bertz CT molecular complexity index is 1030. The van der Waals surface area contributed by atoms with E-state index >= 15 is 0 Å². The van der Waals surface area contributed by atoms with Gasteiger partial charge in [0.2, 0.25) is 11.8 Å². The van der Waals surface area contributed by atoms with E-state index in [-0.39, 0.29) is 11.8 Å². The zero-order chi connectivity index (χ0) is 21.7. The Morgan fingerprint density at radius 1 is 0.733 bits per heavy atom. The lowest BCUT2D eigenvalue weighted by Crippen LogP contribution is -2.41. The topological polar surface area (TPSA) is 57.4 Å². The molecule has 0 saturated carbocycles. The third-order valence-corrected chi connectivity index (χ3v) is 5.57. The van der Waals surface area contributed by atoms with Gasteiger partial charge in [-0.15, -0.1) is 10.2 Å². The fourth-order valence-electron chi connectivity index (χ4n) is 3.02. The summed E-state index contributed by atoms with van der Waals surface area (Å²) < 4.78 is 55.8. The van der Waals surface area contributed by atoms with Crippen molar-refractivity contribution < 1.29 is 26.9 Å². The van der Waals surface area contributed by atoms with Crippen LogP contribution in [0.3, 0.4) is 0 Å². The van der Waals surface area contributed by atoms with Gasteiger partial charge < -0.3 is 13.7 Å². The Morgan fingerprint density at radius 2 is 1.17 bits per heavy atom. The van der Waals surface area contributed by atoms with Crippen molar-refractivity contribution in [3.8, 4) is 22.9 Å². The lowest BCUT2D eigenvalue weighted by Gasteiger charge is -2.32. The second-order valence-corrected chi connectivity index (χ2v) is 8.20. The fraction of sp³-hybridized carbons (Fsp3) is 0.333. The van der Waals surface area contributed by atoms with E-state index in [1.807, 2.05) is 52.0 Å². The zero-order valence-electron chi connectivity index (χ0n) is 16.9. The highest BCUT2D eigenvalue weighted by Gasteiger charge is 2.51. The van der Waals surface area contributed by atoms with Gasteiger partial charge in [0.05, 0.1) is 16.8 Å². The molecular formula is C21H20BF3N2O3. The van der Waals surface area contributed by atoms with Crippen molar-refractivity contribution in [2.75, 3.05) is 0 Å². The molecule has 1 fully saturated rings. The molecule has 5 nitrogen and oxygen atoms in total. The highest BCUT2D eigenvalue weighted by atomic mass is 19.4. The molecule has 0 spiro atoms. The molecule has 30 heavy (non-hydrogen) atoms. The smallest absolute Gasteiger partial charge is 0.416 e. The minimum Gasteiger partial charge on any atom is -0.416 e. The van der Waals surface area contributed by atoms with Crippen molar-refractivity contribution in [1.29, 1.82) is 0 Å². The number of aromatic nitrogens is 2. The zero-order valence-corrected chi connectivity index (χ0v) is 16.9. The number of alkyl halides is 3. The highest BCUT2D eigenvalue weighted by Crippen LogP contribution is 2.36. The van der Waals surface area contributed by atoms with Gasteiger partial charge in [-0.25, -0.2) is 0 Å². The SMILES string of the molecule is CC1(C)OB(c2ccc(-c3nnc(-c4ccc(C(F)(F)F)cc4)o3)cc2)OC1(C)C. The van der Waals surface area contributed by atoms with E-state index in [1.54, 1.807) is 0 Å². The molecule has 0 bridgehead atoms. The molecule has 2 aromatic carbocycles. The molecule has 0 N–H and O–H groups in total. The lowest BCUT2D eigenvalue weighted by atomic mass is 9.79. The quantitative estimate of drug-likeness (QED) is 0.579. The fourth-order valence-corrected chi connectivity index (χ4v) is 3.02. The van der Waals surface area contributed by atoms with E-state index in [4.69, 9.17) is 13.7 Å². The van der Waals surface area contributed by atoms with E-state index in [0.717, 1.165) is 17.6 Å². The monoisotopic (exact) mass is 416 g/mol. The van der Waals surface area contributed by atoms with Crippen LogP contribution in [0.5, 0.6) is 0 Å². The molecule has 0 unspecified atom stereocenters. The number of halogens is 3. The summed E-state index contributed by atoms with van der Waals surface area (Å²) in [5, 5.41) is 7.95. The third kappa shape index (κ3) is 3.75. The maximum atomic E-state index is 12.7. The van der Waals surface area contributed by atoms with Crippen molar-refractivity contribution in [3.05, 3.63) is 54.1 Å². The third-order valence-electron chi connectivity index (χ3n) is 5.57. The maximum absolute atomic E-state index is 12.7. The standard InChI is InChI=1S/C21H20BF3N2O3/c1-19(2)20(3,4)30-22(29-19)16-11-7-14(8-12-16)18-27-26-17(28-18)13-5-9-15(10-6-13)21(23,24)25/h5-12H,1-4H3. The maximum Gasteiger partial charge on any atom is 0.494 e. The molecule has 9 heteroatoms. The molecule has 0 atom stereocenters. The Labute approximate surface area is 172 Å². The van der Waals surface area contributed by atoms with Crippen LogP contribution in [0.4, 0.5) is 13.2 Å². The summed E-state index contributed by atoms with van der Waals surface area (Å²) in [6, 6.07) is 11.9. The Morgan fingerprint density at radius 3 is 1.60 bits per heavy atom. The minimum atomic E-state index is -4.39. The summed E-state index contributed by atoms with van der Waals surface area (Å²) in [4.78, 5) is 0. The number of rotatable bonds is 3. The molecule has 4 rings (SSSR count). The van der Waals surface area contributed by atoms with Crippen LogP contribution >= 0.6 is 0 Å². The molecule has 0 amide bonds. The largest absolute Gasteiger partial charge is 0.494 e. The molecular weight excluding hydrogens is 396 g/mol. The van der Waals surface area contributed by atoms with E-state index < -0.39 is 30.1 Å². The summed E-state index contributed by atoms with van der Waals surface area (Å²) >= 11 is 0. The minimum absolute atomic E-state index is 0.147. The van der Waals surface area contributed by atoms with Gasteiger partial charge in [-0.1, -0.05) is 12.1 Å². The number of hydrogen-bond acceptors (Lipinski definition) is 5. The van der Waals surface area contributed by atoms with Crippen molar-refractivity contribution in [3.63, 3.8) is 0 Å². The summed E-state index contributed by atoms with van der Waals surface area (Å²) in [6.45, 7) is 7.95. The normalized spacial score (nSPS) is 18.0. The average molecular weight is 416 g/mol. The van der Waals surface area contributed by atoms with Crippen molar-refractivity contribution in [2.45, 2.75) is 45.1 Å². The van der Waals surface area contributed by atoms with Gasteiger partial charge in [-0.2, -0.15) is 13.2 Å². The van der Waals surface area contributed by atoms with Crippen LogP contribution in [0.1, 0.15) is 33.3 Å². The molecule has 3 aromatic rings. The predicted molar refractivity (Wildman–Crippen MR) is 106 cm³/mol. The van der Waals surface area contributed by atoms with Gasteiger partial charge in [0.15, 0.2) is 0 Å². The van der Waals surface area contributed by atoms with Gasteiger partial charge in [-0.05, 0) is 69.6 Å². The molecule has 156 valence electrons. The second kappa shape index (κ2) is 6.96. The lowest BCUT2D eigenvalue weighted by molar-refractivity contribution is -0.137. The van der Waals surface area contributed by atoms with Gasteiger partial charge in [0, 0.05) is 11.1 Å². The highest BCUT2D eigenvalue weighted by molar-refractivity contribution is 6.62. The summed E-state index contributed by atoms with van der Waals surface area (Å²) in [6.07, 6.45) is -4.39. The Balaban J connectivity index is 1.52. The molecule has 0 aliphatic carbocycles. The molecule has 1 aromatic heterocycles. The predicted octanol–water partition coefficient (Wildman–Crippen LogP) is 4.72. The van der Waals surface area contributed by atoms with E-state index in [1.165, 1.54) is 12.1 Å². The molecule has 2 heterocycles. The average Bonchev–Trinajstić information content (AvgIpc) is 3.24. The summed E-state index contributed by atoms with van der Waals surface area (Å²) in [7, 11) is -0.477. The van der Waals surface area contributed by atoms with Crippen LogP contribution in [0.25, 0.3) is 22.9 Å². The first-order valence-corrected chi connectivity index (χ1v) is 9.43. The Hall–Kier alpha value is -2.65. The van der Waals surface area contributed by atoms with Crippen LogP contribution in [-0.2, 0) is 15.5 Å². The van der Waals surface area contributed by atoms with Crippen molar-refractivity contribution in [1.82, 2.24) is 10.2 Å². The Kier molecular flexibility index (Phi) is 4.78. The van der Waals surface area contributed by atoms with Crippen molar-refractivity contribution >= 4 is 12.6 Å².